The summed E-state index contributed by atoms with van der Waals surface area (Å²) in [5.41, 5.74) is 2.87. The van der Waals surface area contributed by atoms with Gasteiger partial charge in [-0.25, -0.2) is 0 Å². The highest BCUT2D eigenvalue weighted by Gasteiger charge is 2.58. The van der Waals surface area contributed by atoms with Crippen LogP contribution in [0.3, 0.4) is 0 Å². The Hall–Kier alpha value is 0.0300. The minimum Gasteiger partial charge on any atom is -0.123 e. The van der Waals surface area contributed by atoms with E-state index in [0.29, 0.717) is 16.2 Å². The minimum atomic E-state index is 0.401. The molecule has 0 nitrogen and oxygen atoms in total. The molecule has 0 aromatic heterocycles. The Balaban J connectivity index is 1.39. The molecule has 3 fully saturated rings. The topological polar surface area (TPSA) is 0 Å². The van der Waals surface area contributed by atoms with E-state index in [1.165, 1.54) is 96.3 Å². The van der Waals surface area contributed by atoms with E-state index in [2.05, 4.69) is 26.8 Å². The normalized spacial score (nSPS) is 45.1. The van der Waals surface area contributed by atoms with Crippen LogP contribution >= 0.6 is 11.6 Å². The van der Waals surface area contributed by atoms with Crippen molar-refractivity contribution in [3.05, 3.63) is 11.6 Å². The number of hydrogen-bond donors (Lipinski definition) is 0. The zero-order valence-electron chi connectivity index (χ0n) is 18.9. The largest absolute Gasteiger partial charge is 0.123 e. The first kappa shape index (κ1) is 21.3. The number of halogens is 1. The summed E-state index contributed by atoms with van der Waals surface area (Å²) in [6.45, 7) is 7.64. The van der Waals surface area contributed by atoms with E-state index >= 15 is 0 Å². The molecule has 0 saturated heterocycles. The van der Waals surface area contributed by atoms with Crippen molar-refractivity contribution in [2.24, 2.45) is 34.5 Å². The number of alkyl halides is 1. The van der Waals surface area contributed by atoms with Gasteiger partial charge in [-0.2, -0.15) is 0 Å². The van der Waals surface area contributed by atoms with E-state index in [-0.39, 0.29) is 0 Å². The summed E-state index contributed by atoms with van der Waals surface area (Å²) in [6, 6.07) is 0. The Kier molecular flexibility index (Phi) is 6.57. The van der Waals surface area contributed by atoms with Crippen molar-refractivity contribution in [1.82, 2.24) is 0 Å². The van der Waals surface area contributed by atoms with Crippen molar-refractivity contribution in [1.29, 1.82) is 0 Å². The van der Waals surface area contributed by atoms with Crippen molar-refractivity contribution < 1.29 is 0 Å². The van der Waals surface area contributed by atoms with Gasteiger partial charge < -0.3 is 0 Å². The monoisotopic (exact) mass is 404 g/mol. The summed E-state index contributed by atoms with van der Waals surface area (Å²) in [7, 11) is 0. The van der Waals surface area contributed by atoms with E-state index in [1.54, 1.807) is 5.57 Å². The minimum absolute atomic E-state index is 0.401. The van der Waals surface area contributed by atoms with E-state index in [1.807, 2.05) is 0 Å². The molecule has 0 amide bonds. The number of rotatable bonds is 7. The third-order valence-corrected chi connectivity index (χ3v) is 10.5. The standard InChI is InChI=1S/C27H45Cl/c1-4-5-6-7-8-9-10-20-12-14-24-23-13-11-21-19-22(28)15-17-27(21,3)25(23)16-18-26(20,24)2/h11,20,22-25H,4-10,12-19H2,1-3H3/t20-,22-,23+,24-,25+,26+,27-/m0/s1. The molecule has 28 heavy (non-hydrogen) atoms. The Morgan fingerprint density at radius 3 is 2.54 bits per heavy atom. The van der Waals surface area contributed by atoms with Crippen molar-refractivity contribution in [3.63, 3.8) is 0 Å². The molecule has 1 heteroatoms. The van der Waals surface area contributed by atoms with Gasteiger partial charge in [-0.3, -0.25) is 0 Å². The summed E-state index contributed by atoms with van der Waals surface area (Å²) in [5.74, 6) is 3.93. The lowest BCUT2D eigenvalue weighted by Gasteiger charge is -2.58. The van der Waals surface area contributed by atoms with Crippen LogP contribution in [0, 0.1) is 34.5 Å². The first-order chi connectivity index (χ1) is 13.5. The fourth-order valence-electron chi connectivity index (χ4n) is 8.37. The van der Waals surface area contributed by atoms with Gasteiger partial charge in [-0.15, -0.1) is 11.6 Å². The summed E-state index contributed by atoms with van der Waals surface area (Å²) < 4.78 is 0. The van der Waals surface area contributed by atoms with Gasteiger partial charge in [0, 0.05) is 5.38 Å². The van der Waals surface area contributed by atoms with E-state index in [9.17, 15) is 0 Å². The second-order valence-corrected chi connectivity index (χ2v) is 12.1. The Bertz CT molecular complexity index is 565. The van der Waals surface area contributed by atoms with Crippen LogP contribution in [0.5, 0.6) is 0 Å². The van der Waals surface area contributed by atoms with Crippen LogP contribution in [-0.2, 0) is 0 Å². The molecule has 0 spiro atoms. The lowest BCUT2D eigenvalue weighted by atomic mass is 9.47. The lowest BCUT2D eigenvalue weighted by Crippen LogP contribution is -2.50. The summed E-state index contributed by atoms with van der Waals surface area (Å²) in [6.07, 6.45) is 24.1. The predicted octanol–water partition coefficient (Wildman–Crippen LogP) is 8.92. The fraction of sp³-hybridized carbons (Fsp3) is 0.926. The molecular weight excluding hydrogens is 360 g/mol. The number of hydrogen-bond acceptors (Lipinski definition) is 0. The Morgan fingerprint density at radius 1 is 0.929 bits per heavy atom. The van der Waals surface area contributed by atoms with Crippen LogP contribution < -0.4 is 0 Å². The Morgan fingerprint density at radius 2 is 1.71 bits per heavy atom. The van der Waals surface area contributed by atoms with Gasteiger partial charge in [0.2, 0.25) is 0 Å². The first-order valence-electron chi connectivity index (χ1n) is 12.8. The van der Waals surface area contributed by atoms with Crippen LogP contribution in [0.25, 0.3) is 0 Å². The van der Waals surface area contributed by atoms with Crippen LogP contribution in [0.1, 0.15) is 117 Å². The van der Waals surface area contributed by atoms with Crippen LogP contribution in [0.15, 0.2) is 11.6 Å². The molecule has 3 saturated carbocycles. The van der Waals surface area contributed by atoms with Gasteiger partial charge in [0.05, 0.1) is 0 Å². The molecule has 0 unspecified atom stereocenters. The van der Waals surface area contributed by atoms with Crippen molar-refractivity contribution in [3.8, 4) is 0 Å². The molecule has 0 N–H and O–H groups in total. The molecule has 4 rings (SSSR count). The highest BCUT2D eigenvalue weighted by Crippen LogP contribution is 2.66. The number of unbranched alkanes of at least 4 members (excludes halogenated alkanes) is 5. The van der Waals surface area contributed by atoms with Gasteiger partial charge in [-0.1, -0.05) is 70.9 Å². The van der Waals surface area contributed by atoms with Gasteiger partial charge in [0.15, 0.2) is 0 Å². The van der Waals surface area contributed by atoms with Crippen LogP contribution in [0.2, 0.25) is 0 Å². The summed E-state index contributed by atoms with van der Waals surface area (Å²) >= 11 is 6.55. The van der Waals surface area contributed by atoms with Crippen molar-refractivity contribution in [2.45, 2.75) is 122 Å². The molecular formula is C27H45Cl. The maximum Gasteiger partial charge on any atom is 0.0373 e. The van der Waals surface area contributed by atoms with E-state index in [4.69, 9.17) is 11.6 Å². The van der Waals surface area contributed by atoms with Crippen LogP contribution in [0.4, 0.5) is 0 Å². The zero-order valence-corrected chi connectivity index (χ0v) is 19.7. The molecule has 4 aliphatic carbocycles. The molecule has 0 aromatic carbocycles. The average Bonchev–Trinajstić information content (AvgIpc) is 3.01. The Labute approximate surface area is 180 Å². The van der Waals surface area contributed by atoms with Crippen molar-refractivity contribution in [2.75, 3.05) is 0 Å². The zero-order chi connectivity index (χ0) is 19.8. The average molecular weight is 405 g/mol. The third kappa shape index (κ3) is 3.74. The summed E-state index contributed by atoms with van der Waals surface area (Å²) in [4.78, 5) is 0. The smallest absolute Gasteiger partial charge is 0.0373 e. The highest BCUT2D eigenvalue weighted by atomic mass is 35.5. The lowest BCUT2D eigenvalue weighted by molar-refractivity contribution is -0.0423. The quantitative estimate of drug-likeness (QED) is 0.225. The predicted molar refractivity (Wildman–Crippen MR) is 123 cm³/mol. The molecule has 0 radical (unpaired) electrons. The van der Waals surface area contributed by atoms with Gasteiger partial charge in [-0.05, 0) is 92.3 Å². The number of fused-ring (bicyclic) bond motifs is 5. The molecule has 0 bridgehead atoms. The highest BCUT2D eigenvalue weighted by molar-refractivity contribution is 6.20. The van der Waals surface area contributed by atoms with Gasteiger partial charge >= 0.3 is 0 Å². The SMILES string of the molecule is CCCCCCCC[C@H]1CC[C@H]2[C@H]3CC=C4C[C@@H](Cl)CC[C@]4(C)[C@@H]3CC[C@]12C. The first-order valence-corrected chi connectivity index (χ1v) is 13.3. The van der Waals surface area contributed by atoms with Gasteiger partial charge in [0.25, 0.3) is 0 Å². The molecule has 0 heterocycles. The molecule has 4 aliphatic rings. The molecule has 160 valence electrons. The fourth-order valence-corrected chi connectivity index (χ4v) is 8.65. The summed E-state index contributed by atoms with van der Waals surface area (Å²) in [5, 5.41) is 0.401. The molecule has 0 aromatic rings. The maximum absolute atomic E-state index is 6.55. The van der Waals surface area contributed by atoms with E-state index < -0.39 is 0 Å². The van der Waals surface area contributed by atoms with Crippen LogP contribution in [-0.4, -0.2) is 5.38 Å². The number of allylic oxidation sites excluding steroid dienone is 2. The molecule has 0 aliphatic heterocycles. The van der Waals surface area contributed by atoms with E-state index in [0.717, 1.165) is 23.7 Å². The molecule has 7 atom stereocenters. The van der Waals surface area contributed by atoms with Gasteiger partial charge in [0.1, 0.15) is 0 Å². The second-order valence-electron chi connectivity index (χ2n) is 11.5. The van der Waals surface area contributed by atoms with Crippen molar-refractivity contribution >= 4 is 11.6 Å². The second kappa shape index (κ2) is 8.64. The third-order valence-electron chi connectivity index (χ3n) is 10.1. The maximum atomic E-state index is 6.55.